The van der Waals surface area contributed by atoms with Crippen LogP contribution in [0.4, 0.5) is 0 Å². The number of ether oxygens (including phenoxy) is 1. The number of aldehydes is 1. The number of carbonyl (C=O) groups excluding carboxylic acids is 2. The molecule has 0 aliphatic heterocycles. The van der Waals surface area contributed by atoms with E-state index in [1.807, 2.05) is 29.0 Å². The van der Waals surface area contributed by atoms with Gasteiger partial charge < -0.3 is 9.30 Å². The third-order valence-corrected chi connectivity index (χ3v) is 2.72. The number of esters is 1. The molecule has 1 heterocycles. The zero-order valence-corrected chi connectivity index (χ0v) is 9.55. The van der Waals surface area contributed by atoms with E-state index < -0.39 is 0 Å². The fourth-order valence-corrected chi connectivity index (χ4v) is 1.78. The van der Waals surface area contributed by atoms with Crippen LogP contribution < -0.4 is 0 Å². The van der Waals surface area contributed by atoms with Gasteiger partial charge in [-0.15, -0.1) is 0 Å². The topological polar surface area (TPSA) is 48.3 Å². The van der Waals surface area contributed by atoms with E-state index in [1.54, 1.807) is 6.07 Å². The maximum Gasteiger partial charge on any atom is 0.307 e. The number of carbonyl (C=O) groups is 2. The zero-order chi connectivity index (χ0) is 12.3. The van der Waals surface area contributed by atoms with Crippen molar-refractivity contribution in [1.82, 2.24) is 4.57 Å². The summed E-state index contributed by atoms with van der Waals surface area (Å²) in [4.78, 5) is 21.8. The van der Waals surface area contributed by atoms with Gasteiger partial charge in [0.1, 0.15) is 6.29 Å². The van der Waals surface area contributed by atoms with Gasteiger partial charge in [-0.25, -0.2) is 0 Å². The molecule has 4 heteroatoms. The highest BCUT2D eigenvalue weighted by Gasteiger charge is 2.05. The Labute approximate surface area is 98.8 Å². The molecule has 0 unspecified atom stereocenters. The van der Waals surface area contributed by atoms with Crippen LogP contribution in [0.5, 0.6) is 0 Å². The van der Waals surface area contributed by atoms with Crippen LogP contribution >= 0.6 is 0 Å². The molecule has 0 N–H and O–H groups in total. The first-order valence-electron chi connectivity index (χ1n) is 5.35. The van der Waals surface area contributed by atoms with Crippen LogP contribution in [0, 0.1) is 0 Å². The fraction of sp³-hybridized carbons (Fsp3) is 0.231. The summed E-state index contributed by atoms with van der Waals surface area (Å²) in [5.41, 5.74) is 1.59. The van der Waals surface area contributed by atoms with Crippen LogP contribution in [0.3, 0.4) is 0 Å². The maximum absolute atomic E-state index is 11.1. The first-order valence-corrected chi connectivity index (χ1v) is 5.35. The van der Waals surface area contributed by atoms with Gasteiger partial charge in [0.15, 0.2) is 0 Å². The van der Waals surface area contributed by atoms with Crippen molar-refractivity contribution in [1.29, 1.82) is 0 Å². The number of hydrogen-bond donors (Lipinski definition) is 0. The van der Waals surface area contributed by atoms with Crippen molar-refractivity contribution >= 4 is 23.2 Å². The Kier molecular flexibility index (Phi) is 3.23. The van der Waals surface area contributed by atoms with E-state index in [4.69, 9.17) is 0 Å². The van der Waals surface area contributed by atoms with Gasteiger partial charge in [-0.2, -0.15) is 0 Å². The zero-order valence-electron chi connectivity index (χ0n) is 9.55. The molecular formula is C13H13NO3. The predicted octanol–water partition coefficient (Wildman–Crippen LogP) is 2.02. The van der Waals surface area contributed by atoms with Crippen LogP contribution in [0.15, 0.2) is 30.5 Å². The van der Waals surface area contributed by atoms with Crippen molar-refractivity contribution in [2.24, 2.45) is 0 Å². The minimum atomic E-state index is -0.238. The highest BCUT2D eigenvalue weighted by Crippen LogP contribution is 2.17. The molecule has 2 aromatic rings. The van der Waals surface area contributed by atoms with Crippen molar-refractivity contribution < 1.29 is 14.3 Å². The van der Waals surface area contributed by atoms with Crippen molar-refractivity contribution in [2.75, 3.05) is 7.11 Å². The summed E-state index contributed by atoms with van der Waals surface area (Å²) in [5.74, 6) is -0.238. The quantitative estimate of drug-likeness (QED) is 0.597. The number of aryl methyl sites for hydroxylation is 1. The second-order valence-corrected chi connectivity index (χ2v) is 3.77. The van der Waals surface area contributed by atoms with Gasteiger partial charge in [-0.05, 0) is 17.5 Å². The lowest BCUT2D eigenvalue weighted by molar-refractivity contribution is -0.140. The molecule has 0 radical (unpaired) electrons. The number of methoxy groups -OCH3 is 1. The molecular weight excluding hydrogens is 218 g/mol. The summed E-state index contributed by atoms with van der Waals surface area (Å²) >= 11 is 0. The second kappa shape index (κ2) is 4.82. The SMILES string of the molecule is COC(=O)CCn1ccc2ccc(C=O)cc21. The Morgan fingerprint density at radius 2 is 2.24 bits per heavy atom. The van der Waals surface area contributed by atoms with E-state index >= 15 is 0 Å². The van der Waals surface area contributed by atoms with E-state index in [1.165, 1.54) is 7.11 Å². The Hall–Kier alpha value is -2.10. The molecule has 0 fully saturated rings. The summed E-state index contributed by atoms with van der Waals surface area (Å²) in [6.07, 6.45) is 3.05. The largest absolute Gasteiger partial charge is 0.469 e. The number of rotatable bonds is 4. The average Bonchev–Trinajstić information content (AvgIpc) is 2.78. The molecule has 4 nitrogen and oxygen atoms in total. The lowest BCUT2D eigenvalue weighted by Crippen LogP contribution is -2.06. The van der Waals surface area contributed by atoms with E-state index in [2.05, 4.69) is 4.74 Å². The molecule has 1 aromatic heterocycles. The first kappa shape index (κ1) is 11.4. The van der Waals surface area contributed by atoms with Crippen molar-refractivity contribution in [3.8, 4) is 0 Å². The third kappa shape index (κ3) is 2.36. The van der Waals surface area contributed by atoms with E-state index in [-0.39, 0.29) is 5.97 Å². The highest BCUT2D eigenvalue weighted by molar-refractivity contribution is 5.87. The molecule has 0 bridgehead atoms. The fourth-order valence-electron chi connectivity index (χ4n) is 1.78. The predicted molar refractivity (Wildman–Crippen MR) is 64.0 cm³/mol. The minimum Gasteiger partial charge on any atom is -0.469 e. The van der Waals surface area contributed by atoms with Gasteiger partial charge in [0, 0.05) is 23.8 Å². The summed E-state index contributed by atoms with van der Waals surface area (Å²) in [6, 6.07) is 7.45. The summed E-state index contributed by atoms with van der Waals surface area (Å²) < 4.78 is 6.54. The van der Waals surface area contributed by atoms with Gasteiger partial charge >= 0.3 is 5.97 Å². The van der Waals surface area contributed by atoms with Crippen LogP contribution in [-0.4, -0.2) is 23.9 Å². The molecule has 17 heavy (non-hydrogen) atoms. The van der Waals surface area contributed by atoms with E-state index in [0.29, 0.717) is 18.5 Å². The molecule has 0 aliphatic rings. The molecule has 88 valence electrons. The van der Waals surface area contributed by atoms with Gasteiger partial charge in [0.25, 0.3) is 0 Å². The van der Waals surface area contributed by atoms with Gasteiger partial charge in [-0.3, -0.25) is 9.59 Å². The molecule has 1 aromatic carbocycles. The smallest absolute Gasteiger partial charge is 0.307 e. The Morgan fingerprint density at radius 1 is 1.41 bits per heavy atom. The second-order valence-electron chi connectivity index (χ2n) is 3.77. The molecule has 0 aliphatic carbocycles. The number of fused-ring (bicyclic) bond motifs is 1. The summed E-state index contributed by atoms with van der Waals surface area (Å²) in [5, 5.41) is 1.06. The van der Waals surface area contributed by atoms with Gasteiger partial charge in [-0.1, -0.05) is 12.1 Å². The Balaban J connectivity index is 2.27. The summed E-state index contributed by atoms with van der Waals surface area (Å²) in [6.45, 7) is 0.554. The number of benzene rings is 1. The van der Waals surface area contributed by atoms with Crippen LogP contribution in [0.25, 0.3) is 10.9 Å². The third-order valence-electron chi connectivity index (χ3n) is 2.72. The molecule has 0 atom stereocenters. The summed E-state index contributed by atoms with van der Waals surface area (Å²) in [7, 11) is 1.38. The number of aromatic nitrogens is 1. The lowest BCUT2D eigenvalue weighted by Gasteiger charge is -2.04. The standard InChI is InChI=1S/C13H13NO3/c1-17-13(16)5-7-14-6-4-11-3-2-10(9-15)8-12(11)14/h2-4,6,8-9H,5,7H2,1H3. The molecule has 0 saturated carbocycles. The molecule has 2 rings (SSSR count). The number of hydrogen-bond acceptors (Lipinski definition) is 3. The van der Waals surface area contributed by atoms with Crippen molar-refractivity contribution in [3.63, 3.8) is 0 Å². The van der Waals surface area contributed by atoms with Crippen LogP contribution in [0.2, 0.25) is 0 Å². The van der Waals surface area contributed by atoms with E-state index in [0.717, 1.165) is 17.2 Å². The first-order chi connectivity index (χ1) is 8.24. The normalized spacial score (nSPS) is 10.4. The average molecular weight is 231 g/mol. The van der Waals surface area contributed by atoms with Gasteiger partial charge in [0.05, 0.1) is 13.5 Å². The monoisotopic (exact) mass is 231 g/mol. The number of nitrogens with zero attached hydrogens (tertiary/aromatic N) is 1. The maximum atomic E-state index is 11.1. The molecule has 0 amide bonds. The van der Waals surface area contributed by atoms with Crippen molar-refractivity contribution in [2.45, 2.75) is 13.0 Å². The van der Waals surface area contributed by atoms with Gasteiger partial charge in [0.2, 0.25) is 0 Å². The van der Waals surface area contributed by atoms with Crippen molar-refractivity contribution in [3.05, 3.63) is 36.0 Å². The molecule has 0 spiro atoms. The Morgan fingerprint density at radius 3 is 2.94 bits per heavy atom. The van der Waals surface area contributed by atoms with E-state index in [9.17, 15) is 9.59 Å². The van der Waals surface area contributed by atoms with Crippen LogP contribution in [0.1, 0.15) is 16.8 Å². The molecule has 0 saturated heterocycles. The Bertz CT molecular complexity index is 557. The lowest BCUT2D eigenvalue weighted by atomic mass is 10.2. The highest BCUT2D eigenvalue weighted by atomic mass is 16.5. The van der Waals surface area contributed by atoms with Crippen LogP contribution in [-0.2, 0) is 16.1 Å². The minimum absolute atomic E-state index is 0.238.